The zero-order valence-electron chi connectivity index (χ0n) is 15.2. The van der Waals surface area contributed by atoms with Gasteiger partial charge in [0.1, 0.15) is 5.54 Å². The van der Waals surface area contributed by atoms with Crippen LogP contribution in [0.15, 0.2) is 24.3 Å². The normalized spacial score (nSPS) is 27.0. The van der Waals surface area contributed by atoms with Gasteiger partial charge in [0.2, 0.25) is 5.91 Å². The second kappa shape index (κ2) is 7.83. The van der Waals surface area contributed by atoms with Gasteiger partial charge in [0, 0.05) is 38.5 Å². The molecule has 1 aromatic rings. The Morgan fingerprint density at radius 2 is 1.96 bits per heavy atom. The summed E-state index contributed by atoms with van der Waals surface area (Å²) in [5.74, 6) is -0.124. The molecule has 2 atom stereocenters. The Bertz CT molecular complexity index is 591. The van der Waals surface area contributed by atoms with Gasteiger partial charge in [0.15, 0.2) is 0 Å². The van der Waals surface area contributed by atoms with Crippen LogP contribution in [0.1, 0.15) is 32.3 Å². The molecule has 0 spiro atoms. The van der Waals surface area contributed by atoms with Crippen LogP contribution in [0.3, 0.4) is 0 Å². The highest BCUT2D eigenvalue weighted by Gasteiger charge is 2.35. The van der Waals surface area contributed by atoms with E-state index in [-0.39, 0.29) is 18.1 Å². The first-order valence-corrected chi connectivity index (χ1v) is 9.09. The summed E-state index contributed by atoms with van der Waals surface area (Å²) < 4.78 is 11.1. The van der Waals surface area contributed by atoms with Crippen molar-refractivity contribution >= 4 is 11.6 Å². The minimum Gasteiger partial charge on any atom is -0.381 e. The number of carbonyl (C=O) groups excluding carboxylic acids is 1. The Hall–Kier alpha value is -1.47. The maximum atomic E-state index is 12.6. The minimum atomic E-state index is -0.830. The van der Waals surface area contributed by atoms with Crippen LogP contribution in [0.2, 0.25) is 0 Å². The van der Waals surface area contributed by atoms with Crippen molar-refractivity contribution in [2.45, 2.75) is 51.0 Å². The van der Waals surface area contributed by atoms with Gasteiger partial charge in [0.25, 0.3) is 0 Å². The Morgan fingerprint density at radius 3 is 2.64 bits per heavy atom. The van der Waals surface area contributed by atoms with Crippen molar-refractivity contribution < 1.29 is 14.3 Å². The lowest BCUT2D eigenvalue weighted by Gasteiger charge is -2.35. The lowest BCUT2D eigenvalue weighted by molar-refractivity contribution is -0.124. The number of carbonyl (C=O) groups is 1. The molecule has 0 bridgehead atoms. The fraction of sp³-hybridized carbons (Fsp3) is 0.632. The van der Waals surface area contributed by atoms with Gasteiger partial charge in [-0.2, -0.15) is 0 Å². The van der Waals surface area contributed by atoms with Gasteiger partial charge in [-0.3, -0.25) is 9.69 Å². The summed E-state index contributed by atoms with van der Waals surface area (Å²) in [6.45, 7) is 7.99. The summed E-state index contributed by atoms with van der Waals surface area (Å²) in [6, 6.07) is 8.01. The number of hydrogen-bond acceptors (Lipinski definition) is 5. The number of nitrogens with zero attached hydrogens (tertiary/aromatic N) is 1. The van der Waals surface area contributed by atoms with Crippen LogP contribution in [-0.4, -0.2) is 54.9 Å². The van der Waals surface area contributed by atoms with E-state index < -0.39 is 5.54 Å². The first-order valence-electron chi connectivity index (χ1n) is 9.09. The monoisotopic (exact) mass is 347 g/mol. The van der Waals surface area contributed by atoms with E-state index in [2.05, 4.69) is 30.1 Å². The fourth-order valence-electron chi connectivity index (χ4n) is 3.64. The summed E-state index contributed by atoms with van der Waals surface area (Å²) in [4.78, 5) is 14.9. The number of nitrogens with two attached hydrogens (primary N) is 1. The van der Waals surface area contributed by atoms with Crippen LogP contribution in [0, 0.1) is 0 Å². The van der Waals surface area contributed by atoms with Crippen molar-refractivity contribution in [2.24, 2.45) is 5.73 Å². The highest BCUT2D eigenvalue weighted by atomic mass is 16.5. The van der Waals surface area contributed by atoms with Gasteiger partial charge >= 0.3 is 0 Å². The SMILES string of the molecule is CC1CN(Cc2cccc(NC(=O)C3(N)CCOCC3)c2)CC(C)O1. The lowest BCUT2D eigenvalue weighted by Crippen LogP contribution is -2.54. The molecule has 2 unspecified atom stereocenters. The number of amides is 1. The highest BCUT2D eigenvalue weighted by Crippen LogP contribution is 2.21. The molecule has 0 aromatic heterocycles. The summed E-state index contributed by atoms with van der Waals surface area (Å²) in [5.41, 5.74) is 7.40. The topological polar surface area (TPSA) is 76.8 Å². The predicted molar refractivity (Wildman–Crippen MR) is 97.3 cm³/mol. The first kappa shape index (κ1) is 18.3. The fourth-order valence-corrected chi connectivity index (χ4v) is 3.64. The van der Waals surface area contributed by atoms with Crippen LogP contribution in [0.5, 0.6) is 0 Å². The molecule has 1 amide bonds. The van der Waals surface area contributed by atoms with Gasteiger partial charge in [-0.1, -0.05) is 12.1 Å². The second-order valence-electron chi connectivity index (χ2n) is 7.37. The van der Waals surface area contributed by atoms with E-state index >= 15 is 0 Å². The van der Waals surface area contributed by atoms with E-state index in [0.717, 1.165) is 25.3 Å². The number of rotatable bonds is 4. The van der Waals surface area contributed by atoms with Gasteiger partial charge in [0.05, 0.1) is 12.2 Å². The van der Waals surface area contributed by atoms with Gasteiger partial charge in [-0.15, -0.1) is 0 Å². The van der Waals surface area contributed by atoms with Crippen molar-refractivity contribution in [1.29, 1.82) is 0 Å². The van der Waals surface area contributed by atoms with Crippen molar-refractivity contribution in [1.82, 2.24) is 4.90 Å². The molecule has 2 saturated heterocycles. The summed E-state index contributed by atoms with van der Waals surface area (Å²) in [5, 5.41) is 2.98. The number of benzene rings is 1. The van der Waals surface area contributed by atoms with E-state index in [4.69, 9.17) is 15.2 Å². The molecule has 25 heavy (non-hydrogen) atoms. The summed E-state index contributed by atoms with van der Waals surface area (Å²) >= 11 is 0. The molecule has 0 saturated carbocycles. The van der Waals surface area contributed by atoms with Crippen LogP contribution in [-0.2, 0) is 20.8 Å². The van der Waals surface area contributed by atoms with Crippen LogP contribution in [0.25, 0.3) is 0 Å². The summed E-state index contributed by atoms with van der Waals surface area (Å²) in [6.07, 6.45) is 1.61. The molecular formula is C19H29N3O3. The van der Waals surface area contributed by atoms with E-state index in [1.807, 2.05) is 18.2 Å². The van der Waals surface area contributed by atoms with Gasteiger partial charge in [-0.05, 0) is 44.4 Å². The number of anilines is 1. The second-order valence-corrected chi connectivity index (χ2v) is 7.37. The Kier molecular flexibility index (Phi) is 5.74. The standard InChI is InChI=1S/C19H29N3O3/c1-14-11-22(12-15(2)25-14)13-16-4-3-5-17(10-16)21-18(23)19(20)6-8-24-9-7-19/h3-5,10,14-15H,6-9,11-13,20H2,1-2H3,(H,21,23). The molecule has 3 rings (SSSR count). The average molecular weight is 347 g/mol. The van der Waals surface area contributed by atoms with Crippen LogP contribution >= 0.6 is 0 Å². The van der Waals surface area contributed by atoms with E-state index in [0.29, 0.717) is 26.1 Å². The van der Waals surface area contributed by atoms with E-state index in [9.17, 15) is 4.79 Å². The van der Waals surface area contributed by atoms with Crippen LogP contribution < -0.4 is 11.1 Å². The molecular weight excluding hydrogens is 318 g/mol. The van der Waals surface area contributed by atoms with E-state index in [1.54, 1.807) is 0 Å². The maximum Gasteiger partial charge on any atom is 0.244 e. The molecule has 0 radical (unpaired) electrons. The van der Waals surface area contributed by atoms with Crippen molar-refractivity contribution in [2.75, 3.05) is 31.6 Å². The molecule has 2 aliphatic heterocycles. The van der Waals surface area contributed by atoms with Crippen molar-refractivity contribution in [3.8, 4) is 0 Å². The largest absolute Gasteiger partial charge is 0.381 e. The van der Waals surface area contributed by atoms with E-state index in [1.165, 1.54) is 5.56 Å². The Balaban J connectivity index is 1.62. The first-order chi connectivity index (χ1) is 11.9. The van der Waals surface area contributed by atoms with Crippen LogP contribution in [0.4, 0.5) is 5.69 Å². The number of ether oxygens (including phenoxy) is 2. The summed E-state index contributed by atoms with van der Waals surface area (Å²) in [7, 11) is 0. The smallest absolute Gasteiger partial charge is 0.244 e. The minimum absolute atomic E-state index is 0.124. The molecule has 2 heterocycles. The van der Waals surface area contributed by atoms with Gasteiger partial charge < -0.3 is 20.5 Å². The highest BCUT2D eigenvalue weighted by molar-refractivity contribution is 5.98. The molecule has 138 valence electrons. The molecule has 3 N–H and O–H groups in total. The lowest BCUT2D eigenvalue weighted by atomic mass is 9.90. The number of hydrogen-bond donors (Lipinski definition) is 2. The molecule has 2 aliphatic rings. The Labute approximate surface area is 149 Å². The zero-order valence-corrected chi connectivity index (χ0v) is 15.2. The van der Waals surface area contributed by atoms with Gasteiger partial charge in [-0.25, -0.2) is 0 Å². The third kappa shape index (κ3) is 4.79. The zero-order chi connectivity index (χ0) is 17.9. The molecule has 1 aromatic carbocycles. The average Bonchev–Trinajstić information content (AvgIpc) is 2.55. The number of morpholine rings is 1. The quantitative estimate of drug-likeness (QED) is 0.868. The predicted octanol–water partition coefficient (Wildman–Crippen LogP) is 1.74. The third-order valence-electron chi connectivity index (χ3n) is 4.92. The third-order valence-corrected chi connectivity index (χ3v) is 4.92. The molecule has 0 aliphatic carbocycles. The molecule has 2 fully saturated rings. The molecule has 6 heteroatoms. The van der Waals surface area contributed by atoms with Crippen molar-refractivity contribution in [3.05, 3.63) is 29.8 Å². The Morgan fingerprint density at radius 1 is 1.28 bits per heavy atom. The number of nitrogens with one attached hydrogen (secondary N) is 1. The maximum absolute atomic E-state index is 12.6. The van der Waals surface area contributed by atoms with Crippen molar-refractivity contribution in [3.63, 3.8) is 0 Å². The molecule has 6 nitrogen and oxygen atoms in total.